The minimum atomic E-state index is -0.220. The fraction of sp³-hybridized carbons (Fsp3) is 0.227. The fourth-order valence-electron chi connectivity index (χ4n) is 2.90. The largest absolute Gasteiger partial charge is 0.332 e. The summed E-state index contributed by atoms with van der Waals surface area (Å²) in [5, 5.41) is 3.70. The standard InChI is InChI=1S/C22H23N3O2S/c1-4-16-10-8-9-13-18(16)24-19(26)14-25(3)22(27)20-15(2)23-21(28-20)17-11-6-5-7-12-17/h5-13H,4,14H2,1-3H3,(H,24,26). The van der Waals surface area contributed by atoms with Crippen LogP contribution >= 0.6 is 11.3 Å². The summed E-state index contributed by atoms with van der Waals surface area (Å²) < 4.78 is 0. The van der Waals surface area contributed by atoms with Gasteiger partial charge in [-0.1, -0.05) is 55.5 Å². The van der Waals surface area contributed by atoms with Crippen LogP contribution in [0.15, 0.2) is 54.6 Å². The van der Waals surface area contributed by atoms with E-state index in [1.165, 1.54) is 16.2 Å². The number of carbonyl (C=O) groups is 2. The van der Waals surface area contributed by atoms with Gasteiger partial charge in [-0.3, -0.25) is 9.59 Å². The topological polar surface area (TPSA) is 62.3 Å². The second-order valence-electron chi connectivity index (χ2n) is 6.52. The van der Waals surface area contributed by atoms with Gasteiger partial charge in [0.05, 0.1) is 12.2 Å². The summed E-state index contributed by atoms with van der Waals surface area (Å²) >= 11 is 1.35. The van der Waals surface area contributed by atoms with E-state index in [-0.39, 0.29) is 18.4 Å². The maximum Gasteiger partial charge on any atom is 0.266 e. The Hall–Kier alpha value is -2.99. The number of benzene rings is 2. The molecule has 6 heteroatoms. The molecule has 0 saturated carbocycles. The summed E-state index contributed by atoms with van der Waals surface area (Å²) in [6.07, 6.45) is 0.827. The van der Waals surface area contributed by atoms with Crippen LogP contribution in [0.3, 0.4) is 0 Å². The number of anilines is 1. The number of carbonyl (C=O) groups excluding carboxylic acids is 2. The van der Waals surface area contributed by atoms with E-state index in [4.69, 9.17) is 0 Å². The highest BCUT2D eigenvalue weighted by Gasteiger charge is 2.21. The minimum absolute atomic E-state index is 0.0190. The summed E-state index contributed by atoms with van der Waals surface area (Å²) in [6.45, 7) is 3.84. The van der Waals surface area contributed by atoms with Gasteiger partial charge in [0.2, 0.25) is 5.91 Å². The number of hydrogen-bond acceptors (Lipinski definition) is 4. The van der Waals surface area contributed by atoms with E-state index in [9.17, 15) is 9.59 Å². The van der Waals surface area contributed by atoms with E-state index in [1.54, 1.807) is 7.05 Å². The normalized spacial score (nSPS) is 10.5. The van der Waals surface area contributed by atoms with Crippen LogP contribution in [0.5, 0.6) is 0 Å². The Morgan fingerprint density at radius 3 is 2.46 bits per heavy atom. The van der Waals surface area contributed by atoms with Crippen molar-refractivity contribution in [3.05, 3.63) is 70.7 Å². The number of nitrogens with one attached hydrogen (secondary N) is 1. The Labute approximate surface area is 169 Å². The minimum Gasteiger partial charge on any atom is -0.332 e. The molecule has 0 unspecified atom stereocenters. The molecule has 0 saturated heterocycles. The van der Waals surface area contributed by atoms with Gasteiger partial charge in [-0.05, 0) is 25.0 Å². The predicted octanol–water partition coefficient (Wildman–Crippen LogP) is 4.39. The Bertz CT molecular complexity index is 982. The van der Waals surface area contributed by atoms with Crippen molar-refractivity contribution in [3.63, 3.8) is 0 Å². The highest BCUT2D eigenvalue weighted by atomic mass is 32.1. The van der Waals surface area contributed by atoms with Crippen molar-refractivity contribution in [2.45, 2.75) is 20.3 Å². The second kappa shape index (κ2) is 8.80. The van der Waals surface area contributed by atoms with Crippen LogP contribution in [0, 0.1) is 6.92 Å². The van der Waals surface area contributed by atoms with Gasteiger partial charge in [0.15, 0.2) is 0 Å². The third kappa shape index (κ3) is 4.46. The third-order valence-corrected chi connectivity index (χ3v) is 5.61. The van der Waals surface area contributed by atoms with Gasteiger partial charge in [-0.2, -0.15) is 0 Å². The van der Waals surface area contributed by atoms with Gasteiger partial charge in [-0.25, -0.2) is 4.98 Å². The molecule has 0 aliphatic carbocycles. The quantitative estimate of drug-likeness (QED) is 0.675. The van der Waals surface area contributed by atoms with E-state index < -0.39 is 0 Å². The fourth-order valence-corrected chi connectivity index (χ4v) is 3.97. The zero-order valence-electron chi connectivity index (χ0n) is 16.2. The summed E-state index contributed by atoms with van der Waals surface area (Å²) in [7, 11) is 1.63. The lowest BCUT2D eigenvalue weighted by molar-refractivity contribution is -0.116. The van der Waals surface area contributed by atoms with Gasteiger partial charge >= 0.3 is 0 Å². The lowest BCUT2D eigenvalue weighted by Crippen LogP contribution is -2.35. The van der Waals surface area contributed by atoms with Crippen molar-refractivity contribution in [3.8, 4) is 10.6 Å². The Balaban J connectivity index is 1.69. The summed E-state index contributed by atoms with van der Waals surface area (Å²) in [6, 6.07) is 17.4. The predicted molar refractivity (Wildman–Crippen MR) is 114 cm³/mol. The Morgan fingerprint density at radius 2 is 1.75 bits per heavy atom. The zero-order valence-corrected chi connectivity index (χ0v) is 17.0. The van der Waals surface area contributed by atoms with Crippen molar-refractivity contribution in [2.75, 3.05) is 18.9 Å². The van der Waals surface area contributed by atoms with Gasteiger partial charge in [0.25, 0.3) is 5.91 Å². The Kier molecular flexibility index (Phi) is 6.21. The van der Waals surface area contributed by atoms with Crippen LogP contribution in [0.2, 0.25) is 0 Å². The average Bonchev–Trinajstić information content (AvgIpc) is 3.10. The first-order valence-corrected chi connectivity index (χ1v) is 9.97. The summed E-state index contributed by atoms with van der Waals surface area (Å²) in [4.78, 5) is 31.8. The lowest BCUT2D eigenvalue weighted by atomic mass is 10.1. The first-order chi connectivity index (χ1) is 13.5. The smallest absolute Gasteiger partial charge is 0.266 e. The van der Waals surface area contributed by atoms with E-state index in [0.717, 1.165) is 28.2 Å². The molecule has 0 aliphatic rings. The molecule has 1 aromatic heterocycles. The summed E-state index contributed by atoms with van der Waals surface area (Å²) in [5.74, 6) is -0.418. The maximum absolute atomic E-state index is 12.8. The van der Waals surface area contributed by atoms with Crippen molar-refractivity contribution in [1.29, 1.82) is 0 Å². The molecule has 3 rings (SSSR count). The van der Waals surface area contributed by atoms with Crippen molar-refractivity contribution < 1.29 is 9.59 Å². The lowest BCUT2D eigenvalue weighted by Gasteiger charge is -2.17. The molecule has 144 valence electrons. The van der Waals surface area contributed by atoms with Crippen LogP contribution in [-0.2, 0) is 11.2 Å². The van der Waals surface area contributed by atoms with Crippen LogP contribution in [-0.4, -0.2) is 35.3 Å². The molecule has 0 radical (unpaired) electrons. The molecular weight excluding hydrogens is 370 g/mol. The molecule has 1 heterocycles. The number of hydrogen-bond donors (Lipinski definition) is 1. The highest BCUT2D eigenvalue weighted by molar-refractivity contribution is 7.17. The molecule has 0 bridgehead atoms. The van der Waals surface area contributed by atoms with Crippen molar-refractivity contribution >= 4 is 28.8 Å². The zero-order chi connectivity index (χ0) is 20.1. The van der Waals surface area contributed by atoms with Gasteiger partial charge in [-0.15, -0.1) is 11.3 Å². The van der Waals surface area contributed by atoms with Gasteiger partial charge < -0.3 is 10.2 Å². The van der Waals surface area contributed by atoms with Crippen molar-refractivity contribution in [1.82, 2.24) is 9.88 Å². The van der Waals surface area contributed by atoms with E-state index in [2.05, 4.69) is 10.3 Å². The van der Waals surface area contributed by atoms with Gasteiger partial charge in [0, 0.05) is 18.3 Å². The van der Waals surface area contributed by atoms with Crippen LogP contribution < -0.4 is 5.32 Å². The number of amides is 2. The molecular formula is C22H23N3O2S. The first-order valence-electron chi connectivity index (χ1n) is 9.15. The van der Waals surface area contributed by atoms with E-state index >= 15 is 0 Å². The Morgan fingerprint density at radius 1 is 1.07 bits per heavy atom. The maximum atomic E-state index is 12.8. The van der Waals surface area contributed by atoms with Gasteiger partial charge in [0.1, 0.15) is 9.88 Å². The SMILES string of the molecule is CCc1ccccc1NC(=O)CN(C)C(=O)c1sc(-c2ccccc2)nc1C. The highest BCUT2D eigenvalue weighted by Crippen LogP contribution is 2.28. The number of aryl methyl sites for hydroxylation is 2. The first kappa shape index (κ1) is 19.8. The van der Waals surface area contributed by atoms with Crippen LogP contribution in [0.1, 0.15) is 27.9 Å². The second-order valence-corrected chi connectivity index (χ2v) is 7.52. The molecule has 1 N–H and O–H groups in total. The molecule has 3 aromatic rings. The van der Waals surface area contributed by atoms with Crippen LogP contribution in [0.4, 0.5) is 5.69 Å². The molecule has 0 fully saturated rings. The molecule has 5 nitrogen and oxygen atoms in total. The number of thiazole rings is 1. The number of para-hydroxylation sites is 1. The summed E-state index contributed by atoms with van der Waals surface area (Å²) in [5.41, 5.74) is 3.51. The molecule has 28 heavy (non-hydrogen) atoms. The van der Waals surface area contributed by atoms with Crippen molar-refractivity contribution in [2.24, 2.45) is 0 Å². The number of likely N-dealkylation sites (N-methyl/N-ethyl adjacent to an activating group) is 1. The third-order valence-electron chi connectivity index (χ3n) is 4.41. The average molecular weight is 394 g/mol. The molecule has 0 aliphatic heterocycles. The van der Waals surface area contributed by atoms with Crippen LogP contribution in [0.25, 0.3) is 10.6 Å². The number of nitrogens with zero attached hydrogens (tertiary/aromatic N) is 2. The molecule has 2 amide bonds. The molecule has 2 aromatic carbocycles. The number of aromatic nitrogens is 1. The number of rotatable bonds is 6. The molecule has 0 atom stereocenters. The van der Waals surface area contributed by atoms with E-state index in [1.807, 2.05) is 68.4 Å². The van der Waals surface area contributed by atoms with E-state index in [0.29, 0.717) is 10.6 Å². The molecule has 0 spiro atoms. The monoisotopic (exact) mass is 393 g/mol.